The van der Waals surface area contributed by atoms with Crippen LogP contribution in [-0.2, 0) is 14.6 Å². The fourth-order valence-electron chi connectivity index (χ4n) is 1.47. The first-order valence-corrected chi connectivity index (χ1v) is 5.93. The summed E-state index contributed by atoms with van der Waals surface area (Å²) in [4.78, 5) is 10.5. The van der Waals surface area contributed by atoms with Crippen LogP contribution in [-0.4, -0.2) is 37.0 Å². The standard InChI is InChI=1S/C7H13NO4S/c8-6(7(9)10)5-1-3-13(11,12)4-2-5/h5-6H,1-4,8H2,(H,9,10)/t6-/m1/s1. The summed E-state index contributed by atoms with van der Waals surface area (Å²) in [5.74, 6) is -1.11. The molecule has 1 fully saturated rings. The molecule has 6 heteroatoms. The van der Waals surface area contributed by atoms with Crippen LogP contribution in [0.2, 0.25) is 0 Å². The van der Waals surface area contributed by atoms with Gasteiger partial charge in [-0.15, -0.1) is 0 Å². The summed E-state index contributed by atoms with van der Waals surface area (Å²) < 4.78 is 22.0. The first-order valence-electron chi connectivity index (χ1n) is 4.11. The zero-order valence-corrected chi connectivity index (χ0v) is 7.96. The number of hydrogen-bond acceptors (Lipinski definition) is 4. The Labute approximate surface area is 76.8 Å². The Morgan fingerprint density at radius 3 is 2.23 bits per heavy atom. The SMILES string of the molecule is N[C@@H](C(=O)O)C1CCS(=O)(=O)CC1. The number of sulfone groups is 1. The van der Waals surface area contributed by atoms with Crippen LogP contribution < -0.4 is 5.73 Å². The van der Waals surface area contributed by atoms with E-state index in [2.05, 4.69) is 0 Å². The number of carboxylic acid groups (broad SMARTS) is 1. The number of carbonyl (C=O) groups is 1. The molecule has 1 aliphatic heterocycles. The van der Waals surface area contributed by atoms with Crippen LogP contribution in [0.15, 0.2) is 0 Å². The molecule has 5 nitrogen and oxygen atoms in total. The third-order valence-electron chi connectivity index (χ3n) is 2.39. The van der Waals surface area contributed by atoms with Crippen molar-refractivity contribution in [2.24, 2.45) is 11.7 Å². The monoisotopic (exact) mass is 207 g/mol. The molecule has 0 amide bonds. The minimum Gasteiger partial charge on any atom is -0.480 e. The molecule has 0 radical (unpaired) electrons. The summed E-state index contributed by atoms with van der Waals surface area (Å²) in [5.41, 5.74) is 5.39. The Kier molecular flexibility index (Phi) is 2.92. The molecule has 0 unspecified atom stereocenters. The van der Waals surface area contributed by atoms with Crippen LogP contribution in [0.3, 0.4) is 0 Å². The number of carboxylic acids is 1. The minimum atomic E-state index is -2.92. The highest BCUT2D eigenvalue weighted by atomic mass is 32.2. The normalized spacial score (nSPS) is 25.3. The quantitative estimate of drug-likeness (QED) is 0.619. The van der Waals surface area contributed by atoms with Crippen molar-refractivity contribution in [2.45, 2.75) is 18.9 Å². The molecule has 0 aromatic rings. The van der Waals surface area contributed by atoms with Crippen molar-refractivity contribution in [1.82, 2.24) is 0 Å². The molecule has 76 valence electrons. The lowest BCUT2D eigenvalue weighted by atomic mass is 9.94. The second-order valence-corrected chi connectivity index (χ2v) is 5.66. The molecular formula is C7H13NO4S. The van der Waals surface area contributed by atoms with Gasteiger partial charge in [-0.25, -0.2) is 8.42 Å². The molecule has 1 atom stereocenters. The van der Waals surface area contributed by atoms with Crippen LogP contribution in [0.1, 0.15) is 12.8 Å². The second-order valence-electron chi connectivity index (χ2n) is 3.35. The van der Waals surface area contributed by atoms with Gasteiger partial charge in [-0.1, -0.05) is 0 Å². The van der Waals surface area contributed by atoms with Crippen LogP contribution in [0.25, 0.3) is 0 Å². The van der Waals surface area contributed by atoms with E-state index in [0.717, 1.165) is 0 Å². The van der Waals surface area contributed by atoms with E-state index in [1.807, 2.05) is 0 Å². The van der Waals surface area contributed by atoms with Gasteiger partial charge in [-0.3, -0.25) is 4.79 Å². The summed E-state index contributed by atoms with van der Waals surface area (Å²) in [6.45, 7) is 0. The predicted octanol–water partition coefficient (Wildman–Crippen LogP) is -0.777. The van der Waals surface area contributed by atoms with Gasteiger partial charge in [0, 0.05) is 0 Å². The summed E-state index contributed by atoms with van der Waals surface area (Å²) in [6.07, 6.45) is 0.742. The predicted molar refractivity (Wildman–Crippen MR) is 47.0 cm³/mol. The molecule has 0 aromatic heterocycles. The smallest absolute Gasteiger partial charge is 0.320 e. The van der Waals surface area contributed by atoms with Crippen molar-refractivity contribution >= 4 is 15.8 Å². The van der Waals surface area contributed by atoms with Gasteiger partial charge in [0.1, 0.15) is 15.9 Å². The van der Waals surface area contributed by atoms with Gasteiger partial charge < -0.3 is 10.8 Å². The van der Waals surface area contributed by atoms with E-state index in [9.17, 15) is 13.2 Å². The van der Waals surface area contributed by atoms with Gasteiger partial charge in [0.25, 0.3) is 0 Å². The zero-order chi connectivity index (χ0) is 10.1. The average molecular weight is 207 g/mol. The molecular weight excluding hydrogens is 194 g/mol. The third-order valence-corrected chi connectivity index (χ3v) is 4.11. The lowest BCUT2D eigenvalue weighted by Gasteiger charge is -2.24. The Morgan fingerprint density at radius 2 is 1.85 bits per heavy atom. The zero-order valence-electron chi connectivity index (χ0n) is 7.14. The first kappa shape index (κ1) is 10.5. The van der Waals surface area contributed by atoms with Gasteiger partial charge in [0.15, 0.2) is 0 Å². The van der Waals surface area contributed by atoms with Gasteiger partial charge in [-0.05, 0) is 18.8 Å². The van der Waals surface area contributed by atoms with E-state index in [1.165, 1.54) is 0 Å². The van der Waals surface area contributed by atoms with Gasteiger partial charge in [0.2, 0.25) is 0 Å². The summed E-state index contributed by atoms with van der Waals surface area (Å²) in [5, 5.41) is 8.59. The lowest BCUT2D eigenvalue weighted by molar-refractivity contribution is -0.139. The number of hydrogen-bond donors (Lipinski definition) is 2. The third kappa shape index (κ3) is 2.67. The maximum atomic E-state index is 11.0. The Hall–Kier alpha value is -0.620. The van der Waals surface area contributed by atoms with Gasteiger partial charge in [0.05, 0.1) is 11.5 Å². The molecule has 3 N–H and O–H groups in total. The molecule has 1 rings (SSSR count). The van der Waals surface area contributed by atoms with Crippen molar-refractivity contribution in [3.05, 3.63) is 0 Å². The average Bonchev–Trinajstić information content (AvgIpc) is 2.03. The van der Waals surface area contributed by atoms with Crippen molar-refractivity contribution < 1.29 is 18.3 Å². The lowest BCUT2D eigenvalue weighted by Crippen LogP contribution is -2.41. The summed E-state index contributed by atoms with van der Waals surface area (Å²) in [7, 11) is -2.92. The molecule has 0 saturated carbocycles. The number of aliphatic carboxylic acids is 1. The molecule has 1 saturated heterocycles. The topological polar surface area (TPSA) is 97.5 Å². The first-order chi connectivity index (χ1) is 5.92. The molecule has 0 bridgehead atoms. The maximum absolute atomic E-state index is 11.0. The van der Waals surface area contributed by atoms with Crippen LogP contribution in [0.5, 0.6) is 0 Å². The minimum absolute atomic E-state index is 0.0681. The summed E-state index contributed by atoms with van der Waals surface area (Å²) in [6, 6.07) is -0.921. The van der Waals surface area contributed by atoms with Crippen molar-refractivity contribution in [2.75, 3.05) is 11.5 Å². The van der Waals surface area contributed by atoms with E-state index in [1.54, 1.807) is 0 Å². The summed E-state index contributed by atoms with van der Waals surface area (Å²) >= 11 is 0. The maximum Gasteiger partial charge on any atom is 0.320 e. The van der Waals surface area contributed by atoms with E-state index in [4.69, 9.17) is 10.8 Å². The highest BCUT2D eigenvalue weighted by molar-refractivity contribution is 7.91. The highest BCUT2D eigenvalue weighted by Crippen LogP contribution is 2.21. The molecule has 1 aliphatic rings. The van der Waals surface area contributed by atoms with Crippen LogP contribution in [0.4, 0.5) is 0 Å². The fraction of sp³-hybridized carbons (Fsp3) is 0.857. The van der Waals surface area contributed by atoms with Crippen LogP contribution in [0, 0.1) is 5.92 Å². The Balaban J connectivity index is 2.55. The molecule has 0 spiro atoms. The molecule has 13 heavy (non-hydrogen) atoms. The van der Waals surface area contributed by atoms with Crippen molar-refractivity contribution in [1.29, 1.82) is 0 Å². The van der Waals surface area contributed by atoms with E-state index in [-0.39, 0.29) is 17.4 Å². The van der Waals surface area contributed by atoms with E-state index >= 15 is 0 Å². The molecule has 0 aromatic carbocycles. The Morgan fingerprint density at radius 1 is 1.38 bits per heavy atom. The van der Waals surface area contributed by atoms with E-state index < -0.39 is 21.8 Å². The largest absolute Gasteiger partial charge is 0.480 e. The van der Waals surface area contributed by atoms with Gasteiger partial charge >= 0.3 is 5.97 Å². The highest BCUT2D eigenvalue weighted by Gasteiger charge is 2.30. The van der Waals surface area contributed by atoms with E-state index in [0.29, 0.717) is 12.8 Å². The molecule has 0 aliphatic carbocycles. The fourth-order valence-corrected chi connectivity index (χ4v) is 3.00. The van der Waals surface area contributed by atoms with Gasteiger partial charge in [-0.2, -0.15) is 0 Å². The van der Waals surface area contributed by atoms with Crippen LogP contribution >= 0.6 is 0 Å². The second kappa shape index (κ2) is 3.63. The number of nitrogens with two attached hydrogens (primary N) is 1. The Bertz CT molecular complexity index is 284. The van der Waals surface area contributed by atoms with Crippen molar-refractivity contribution in [3.8, 4) is 0 Å². The number of rotatable bonds is 2. The molecule has 1 heterocycles. The van der Waals surface area contributed by atoms with Crippen molar-refractivity contribution in [3.63, 3.8) is 0 Å².